The van der Waals surface area contributed by atoms with Crippen molar-refractivity contribution in [3.8, 4) is 23.0 Å². The van der Waals surface area contributed by atoms with Crippen LogP contribution in [0.3, 0.4) is 0 Å². The van der Waals surface area contributed by atoms with E-state index in [0.29, 0.717) is 65.5 Å². The van der Waals surface area contributed by atoms with E-state index in [0.717, 1.165) is 6.07 Å². The number of alkyl halides is 4. The van der Waals surface area contributed by atoms with Crippen molar-refractivity contribution in [2.45, 2.75) is 37.9 Å². The molecule has 0 unspecified atom stereocenters. The number of nitrogens with one attached hydrogen (secondary N) is 3. The van der Waals surface area contributed by atoms with E-state index in [1.807, 2.05) is 0 Å². The number of anilines is 3. The monoisotopic (exact) mass is 725 g/mol. The number of carbonyl (C=O) groups is 3. The summed E-state index contributed by atoms with van der Waals surface area (Å²) in [7, 11) is 3.05. The Morgan fingerprint density at radius 1 is 0.902 bits per heavy atom. The molecule has 2 heterocycles. The van der Waals surface area contributed by atoms with Gasteiger partial charge < -0.3 is 35.1 Å². The van der Waals surface area contributed by atoms with Crippen LogP contribution in [0.1, 0.15) is 31.2 Å². The van der Waals surface area contributed by atoms with Gasteiger partial charge in [0.2, 0.25) is 17.7 Å². The first kappa shape index (κ1) is 35.6. The zero-order chi connectivity index (χ0) is 36.3. The lowest BCUT2D eigenvalue weighted by atomic mass is 10.0. The van der Waals surface area contributed by atoms with E-state index >= 15 is 0 Å². The van der Waals surface area contributed by atoms with Crippen molar-refractivity contribution in [2.24, 2.45) is 5.41 Å². The molecule has 1 saturated heterocycles. The van der Waals surface area contributed by atoms with Crippen molar-refractivity contribution >= 4 is 57.3 Å². The fourth-order valence-electron chi connectivity index (χ4n) is 6.13. The van der Waals surface area contributed by atoms with Crippen LogP contribution < -0.4 is 35.1 Å². The summed E-state index contributed by atoms with van der Waals surface area (Å²) in [6.07, 6.45) is -1.75. The van der Waals surface area contributed by atoms with Crippen molar-refractivity contribution in [3.63, 3.8) is 0 Å². The van der Waals surface area contributed by atoms with Gasteiger partial charge in [0.25, 0.3) is 0 Å². The van der Waals surface area contributed by atoms with Crippen LogP contribution >= 0.6 is 11.6 Å². The second-order valence-electron chi connectivity index (χ2n) is 12.3. The van der Waals surface area contributed by atoms with Crippen LogP contribution in [0.5, 0.6) is 23.0 Å². The molecule has 2 fully saturated rings. The predicted molar refractivity (Wildman–Crippen MR) is 186 cm³/mol. The average molecular weight is 726 g/mol. The van der Waals surface area contributed by atoms with E-state index < -0.39 is 29.0 Å². The maximum Gasteiger partial charge on any atom is 0.418 e. The van der Waals surface area contributed by atoms with Gasteiger partial charge in [-0.25, -0.2) is 0 Å². The van der Waals surface area contributed by atoms with Crippen LogP contribution in [0, 0.1) is 5.41 Å². The Bertz CT molecular complexity index is 1960. The number of methoxy groups -OCH3 is 2. The summed E-state index contributed by atoms with van der Waals surface area (Å²) >= 11 is 5.55. The van der Waals surface area contributed by atoms with E-state index in [1.165, 1.54) is 26.4 Å². The highest BCUT2D eigenvalue weighted by Crippen LogP contribution is 2.48. The Morgan fingerprint density at radius 2 is 1.57 bits per heavy atom. The zero-order valence-electron chi connectivity index (χ0n) is 27.7. The third-order valence-electron chi connectivity index (χ3n) is 9.03. The fourth-order valence-corrected chi connectivity index (χ4v) is 6.21. The van der Waals surface area contributed by atoms with Crippen LogP contribution in [0.15, 0.2) is 66.9 Å². The van der Waals surface area contributed by atoms with Crippen LogP contribution in [-0.2, 0) is 20.6 Å². The molecule has 0 spiro atoms. The number of aromatic nitrogens is 1. The first-order valence-electron chi connectivity index (χ1n) is 16.2. The number of halogens is 4. The van der Waals surface area contributed by atoms with Gasteiger partial charge in [0, 0.05) is 59.9 Å². The minimum atomic E-state index is -4.71. The summed E-state index contributed by atoms with van der Waals surface area (Å²) in [5.74, 6) is 0.0914. The van der Waals surface area contributed by atoms with Crippen LogP contribution in [0.4, 0.5) is 30.2 Å². The summed E-state index contributed by atoms with van der Waals surface area (Å²) in [5.41, 5.74) is -1.47. The second-order valence-corrected chi connectivity index (χ2v) is 12.6. The maximum absolute atomic E-state index is 14.2. The van der Waals surface area contributed by atoms with Gasteiger partial charge in [0.05, 0.1) is 25.3 Å². The largest absolute Gasteiger partial charge is 0.493 e. The van der Waals surface area contributed by atoms with Gasteiger partial charge in [-0.05, 0) is 68.1 Å². The molecule has 4 aromatic rings. The predicted octanol–water partition coefficient (Wildman–Crippen LogP) is 6.74. The van der Waals surface area contributed by atoms with Gasteiger partial charge in [-0.15, -0.1) is 11.6 Å². The first-order chi connectivity index (χ1) is 24.4. The minimum Gasteiger partial charge on any atom is -0.493 e. The van der Waals surface area contributed by atoms with Crippen molar-refractivity contribution in [2.75, 3.05) is 48.7 Å². The van der Waals surface area contributed by atoms with Gasteiger partial charge in [-0.2, -0.15) is 13.2 Å². The molecule has 11 nitrogen and oxygen atoms in total. The van der Waals surface area contributed by atoms with Gasteiger partial charge in [0.1, 0.15) is 22.8 Å². The molecule has 1 saturated carbocycles. The number of ether oxygens (including phenoxy) is 3. The lowest BCUT2D eigenvalue weighted by Crippen LogP contribution is -2.45. The molecule has 0 radical (unpaired) electrons. The number of piperidine rings is 1. The topological polar surface area (TPSA) is 131 Å². The number of nitrogens with zero attached hydrogens (tertiary/aromatic N) is 2. The molecular formula is C36H35ClF3N5O6. The number of hydrogen-bond donors (Lipinski definition) is 3. The highest BCUT2D eigenvalue weighted by atomic mass is 35.5. The minimum absolute atomic E-state index is 0.0257. The number of rotatable bonds is 11. The Hall–Kier alpha value is -5.24. The van der Waals surface area contributed by atoms with Crippen LogP contribution in [0.2, 0.25) is 0 Å². The molecule has 0 atom stereocenters. The number of fused-ring (bicyclic) bond motifs is 1. The van der Waals surface area contributed by atoms with Crippen molar-refractivity contribution in [1.82, 2.24) is 10.3 Å². The second kappa shape index (κ2) is 14.5. The highest BCUT2D eigenvalue weighted by Gasteiger charge is 2.56. The number of carbonyl (C=O) groups excluding carboxylic acids is 3. The molecule has 1 aromatic heterocycles. The third kappa shape index (κ3) is 7.75. The molecule has 3 amide bonds. The lowest BCUT2D eigenvalue weighted by Gasteiger charge is -2.35. The molecule has 3 N–H and O–H groups in total. The van der Waals surface area contributed by atoms with Crippen molar-refractivity contribution in [1.29, 1.82) is 0 Å². The third-order valence-corrected chi connectivity index (χ3v) is 9.27. The van der Waals surface area contributed by atoms with Gasteiger partial charge >= 0.3 is 6.18 Å². The smallest absolute Gasteiger partial charge is 0.418 e. The molecular weight excluding hydrogens is 691 g/mol. The van der Waals surface area contributed by atoms with Crippen LogP contribution in [0.25, 0.3) is 10.9 Å². The molecule has 3 aromatic carbocycles. The van der Waals surface area contributed by atoms with E-state index in [1.54, 1.807) is 53.6 Å². The molecule has 6 rings (SSSR count). The van der Waals surface area contributed by atoms with Gasteiger partial charge in [0.15, 0.2) is 11.5 Å². The molecule has 1 aliphatic carbocycles. The molecule has 1 aliphatic heterocycles. The summed E-state index contributed by atoms with van der Waals surface area (Å²) in [6.45, 7) is 0.585. The van der Waals surface area contributed by atoms with Crippen molar-refractivity contribution < 1.29 is 41.8 Å². The summed E-state index contributed by atoms with van der Waals surface area (Å²) in [4.78, 5) is 44.4. The Morgan fingerprint density at radius 3 is 2.20 bits per heavy atom. The highest BCUT2D eigenvalue weighted by molar-refractivity contribution is 6.27. The number of amides is 3. The number of hydrogen-bond acceptors (Lipinski definition) is 8. The molecule has 2 aliphatic rings. The van der Waals surface area contributed by atoms with Gasteiger partial charge in [-0.1, -0.05) is 6.07 Å². The van der Waals surface area contributed by atoms with E-state index in [9.17, 15) is 27.6 Å². The molecule has 268 valence electrons. The summed E-state index contributed by atoms with van der Waals surface area (Å²) < 4.78 is 59.7. The average Bonchev–Trinajstić information content (AvgIpc) is 3.94. The quantitative estimate of drug-likeness (QED) is 0.114. The maximum atomic E-state index is 14.2. The molecule has 0 bridgehead atoms. The summed E-state index contributed by atoms with van der Waals surface area (Å²) in [6, 6.07) is 15.2. The number of pyridine rings is 1. The van der Waals surface area contributed by atoms with E-state index in [-0.39, 0.29) is 42.0 Å². The summed E-state index contributed by atoms with van der Waals surface area (Å²) in [5, 5.41) is 8.74. The van der Waals surface area contributed by atoms with Gasteiger partial charge in [-0.3, -0.25) is 19.4 Å². The molecule has 15 heteroatoms. The number of benzene rings is 3. The van der Waals surface area contributed by atoms with E-state index in [2.05, 4.69) is 20.9 Å². The fraction of sp³-hybridized carbons (Fsp3) is 0.333. The van der Waals surface area contributed by atoms with Crippen molar-refractivity contribution in [3.05, 3.63) is 72.4 Å². The SMILES string of the molecule is COc1cc2nccc(Oc3cccc(NC(=O)C4(C(=O)Nc5ccc(N6CCC(NC(=O)CCl)CC6)c(C(F)(F)F)c5)CC4)c3)c2cc1OC. The first-order valence-corrected chi connectivity index (χ1v) is 16.7. The normalized spacial score (nSPS) is 15.5. The Balaban J connectivity index is 1.13. The van der Waals surface area contributed by atoms with E-state index in [4.69, 9.17) is 25.8 Å². The zero-order valence-corrected chi connectivity index (χ0v) is 28.5. The Kier molecular flexibility index (Phi) is 10.1. The Labute approximate surface area is 296 Å². The lowest BCUT2D eigenvalue weighted by molar-refractivity contribution is -0.137. The molecule has 51 heavy (non-hydrogen) atoms. The van der Waals surface area contributed by atoms with Crippen LogP contribution in [-0.4, -0.2) is 61.9 Å². The standard InChI is InChI=1S/C36H35ClF3N5O6/c1-49-30-18-25-27(19-31(30)50-2)41-13-8-29(25)51-24-5-3-4-22(16-24)43-33(47)35(11-12-35)34(48)44-23-6-7-28(26(17-23)36(38,39)40)45-14-9-21(10-15-45)42-32(46)20-37/h3-8,13,16-19,21H,9-12,14-15,20H2,1-2H3,(H,42,46)(H,43,47)(H,44,48).